The molecule has 8 heteroatoms. The van der Waals surface area contributed by atoms with Gasteiger partial charge in [0, 0.05) is 13.0 Å². The highest BCUT2D eigenvalue weighted by Crippen LogP contribution is 2.38. The molecule has 1 atom stereocenters. The quantitative estimate of drug-likeness (QED) is 0.696. The van der Waals surface area contributed by atoms with Crippen LogP contribution >= 0.6 is 11.8 Å². The molecular formula is C10H15N5O2S. The van der Waals surface area contributed by atoms with Gasteiger partial charge in [0.2, 0.25) is 11.1 Å². The van der Waals surface area contributed by atoms with E-state index in [0.29, 0.717) is 11.1 Å². The summed E-state index contributed by atoms with van der Waals surface area (Å²) >= 11 is 1.22. The molecule has 0 bridgehead atoms. The molecule has 98 valence electrons. The van der Waals surface area contributed by atoms with E-state index in [2.05, 4.69) is 25.8 Å². The Morgan fingerprint density at radius 2 is 2.22 bits per heavy atom. The molecule has 3 amide bonds. The molecule has 0 aromatic carbocycles. The van der Waals surface area contributed by atoms with Gasteiger partial charge < -0.3 is 5.32 Å². The first kappa shape index (κ1) is 12.9. The third-order valence-electron chi connectivity index (χ3n) is 2.56. The Labute approximate surface area is 109 Å². The number of urea groups is 1. The van der Waals surface area contributed by atoms with Crippen molar-refractivity contribution in [3.8, 4) is 0 Å². The second-order valence-corrected chi connectivity index (χ2v) is 5.41. The van der Waals surface area contributed by atoms with Crippen LogP contribution in [0.25, 0.3) is 0 Å². The summed E-state index contributed by atoms with van der Waals surface area (Å²) in [5, 5.41) is 11.6. The van der Waals surface area contributed by atoms with E-state index in [-0.39, 0.29) is 5.91 Å². The summed E-state index contributed by atoms with van der Waals surface area (Å²) in [6.45, 7) is 1.70. The van der Waals surface area contributed by atoms with Crippen LogP contribution in [0.1, 0.15) is 31.5 Å². The molecule has 0 radical (unpaired) electrons. The normalized spacial score (nSPS) is 16.1. The van der Waals surface area contributed by atoms with Crippen LogP contribution in [-0.4, -0.2) is 39.4 Å². The number of nitrogens with zero attached hydrogens (tertiary/aromatic N) is 2. The summed E-state index contributed by atoms with van der Waals surface area (Å²) in [4.78, 5) is 26.9. The van der Waals surface area contributed by atoms with E-state index in [4.69, 9.17) is 0 Å². The number of amides is 3. The van der Waals surface area contributed by atoms with Crippen LogP contribution in [0.4, 0.5) is 4.79 Å². The zero-order valence-electron chi connectivity index (χ0n) is 10.2. The summed E-state index contributed by atoms with van der Waals surface area (Å²) in [6.07, 6.45) is 2.29. The summed E-state index contributed by atoms with van der Waals surface area (Å²) < 4.78 is 0. The first-order valence-electron chi connectivity index (χ1n) is 5.71. The van der Waals surface area contributed by atoms with E-state index in [1.807, 2.05) is 0 Å². The second kappa shape index (κ2) is 5.38. The maximum Gasteiger partial charge on any atom is 0.321 e. The molecule has 1 unspecified atom stereocenters. The zero-order valence-corrected chi connectivity index (χ0v) is 11.0. The lowest BCUT2D eigenvalue weighted by atomic mass is 10.4. The van der Waals surface area contributed by atoms with Crippen molar-refractivity contribution in [1.29, 1.82) is 0 Å². The molecule has 1 saturated carbocycles. The highest BCUT2D eigenvalue weighted by atomic mass is 32.2. The van der Waals surface area contributed by atoms with Crippen LogP contribution in [0, 0.1) is 0 Å². The van der Waals surface area contributed by atoms with E-state index in [0.717, 1.165) is 18.7 Å². The van der Waals surface area contributed by atoms with Gasteiger partial charge in [0.25, 0.3) is 0 Å². The molecule has 1 aromatic heterocycles. The van der Waals surface area contributed by atoms with Crippen LogP contribution in [0.2, 0.25) is 0 Å². The van der Waals surface area contributed by atoms with Gasteiger partial charge >= 0.3 is 6.03 Å². The minimum atomic E-state index is -0.513. The van der Waals surface area contributed by atoms with E-state index >= 15 is 0 Å². The van der Waals surface area contributed by atoms with Crippen molar-refractivity contribution in [2.45, 2.75) is 36.1 Å². The molecular weight excluding hydrogens is 254 g/mol. The number of carbonyl (C=O) groups is 2. The van der Waals surface area contributed by atoms with Crippen molar-refractivity contribution >= 4 is 23.7 Å². The molecule has 2 rings (SSSR count). The number of rotatable bonds is 4. The Kier molecular flexibility index (Phi) is 3.85. The first-order valence-corrected chi connectivity index (χ1v) is 6.59. The largest absolute Gasteiger partial charge is 0.341 e. The number of hydrogen-bond donors (Lipinski definition) is 3. The lowest BCUT2D eigenvalue weighted by Gasteiger charge is -2.08. The molecule has 1 fully saturated rings. The molecule has 18 heavy (non-hydrogen) atoms. The third kappa shape index (κ3) is 3.22. The van der Waals surface area contributed by atoms with Crippen LogP contribution in [-0.2, 0) is 4.79 Å². The van der Waals surface area contributed by atoms with Crippen molar-refractivity contribution in [2.75, 3.05) is 7.05 Å². The number of hydrogen-bond acceptors (Lipinski definition) is 5. The Morgan fingerprint density at radius 1 is 1.50 bits per heavy atom. The van der Waals surface area contributed by atoms with Gasteiger partial charge in [-0.05, 0) is 19.8 Å². The minimum Gasteiger partial charge on any atom is -0.341 e. The van der Waals surface area contributed by atoms with Crippen LogP contribution in [0.5, 0.6) is 0 Å². The van der Waals surface area contributed by atoms with E-state index < -0.39 is 11.3 Å². The number of aromatic amines is 1. The fraction of sp³-hybridized carbons (Fsp3) is 0.600. The molecule has 1 heterocycles. The Morgan fingerprint density at radius 3 is 2.83 bits per heavy atom. The van der Waals surface area contributed by atoms with Gasteiger partial charge in [0.15, 0.2) is 0 Å². The molecule has 7 nitrogen and oxygen atoms in total. The lowest BCUT2D eigenvalue weighted by molar-refractivity contribution is -0.119. The molecule has 0 saturated heterocycles. The summed E-state index contributed by atoms with van der Waals surface area (Å²) in [5.41, 5.74) is 0. The molecule has 1 aliphatic carbocycles. The zero-order chi connectivity index (χ0) is 13.1. The Hall–Kier alpha value is -1.57. The van der Waals surface area contributed by atoms with Gasteiger partial charge in [0.1, 0.15) is 5.82 Å². The highest BCUT2D eigenvalue weighted by molar-refractivity contribution is 8.00. The minimum absolute atomic E-state index is 0.364. The monoisotopic (exact) mass is 269 g/mol. The smallest absolute Gasteiger partial charge is 0.321 e. The highest BCUT2D eigenvalue weighted by Gasteiger charge is 2.28. The molecule has 0 spiro atoms. The SMILES string of the molecule is CNC(=O)NC(=O)C(C)Sc1n[nH]c(C2CC2)n1. The molecule has 3 N–H and O–H groups in total. The molecule has 1 aliphatic rings. The van der Waals surface area contributed by atoms with Crippen molar-refractivity contribution in [2.24, 2.45) is 0 Å². The second-order valence-electron chi connectivity index (χ2n) is 4.11. The number of imide groups is 1. The summed E-state index contributed by atoms with van der Waals surface area (Å²) in [7, 11) is 1.46. The van der Waals surface area contributed by atoms with E-state index in [1.54, 1.807) is 6.92 Å². The maximum atomic E-state index is 11.6. The van der Waals surface area contributed by atoms with Gasteiger partial charge in [-0.25, -0.2) is 9.78 Å². The van der Waals surface area contributed by atoms with E-state index in [9.17, 15) is 9.59 Å². The average molecular weight is 269 g/mol. The lowest BCUT2D eigenvalue weighted by Crippen LogP contribution is -2.41. The Bertz CT molecular complexity index is 457. The van der Waals surface area contributed by atoms with Crippen LogP contribution in [0.3, 0.4) is 0 Å². The van der Waals surface area contributed by atoms with Gasteiger partial charge in [-0.1, -0.05) is 11.8 Å². The topological polar surface area (TPSA) is 99.8 Å². The first-order chi connectivity index (χ1) is 8.60. The van der Waals surface area contributed by atoms with Gasteiger partial charge in [-0.3, -0.25) is 15.2 Å². The Balaban J connectivity index is 1.87. The summed E-state index contributed by atoms with van der Waals surface area (Å²) in [6, 6.07) is -0.513. The molecule has 0 aliphatic heterocycles. The van der Waals surface area contributed by atoms with Gasteiger partial charge in [-0.15, -0.1) is 5.10 Å². The number of aromatic nitrogens is 3. The predicted molar refractivity (Wildman–Crippen MR) is 66.3 cm³/mol. The van der Waals surface area contributed by atoms with E-state index in [1.165, 1.54) is 18.8 Å². The van der Waals surface area contributed by atoms with Crippen LogP contribution in [0.15, 0.2) is 5.16 Å². The summed E-state index contributed by atoms with van der Waals surface area (Å²) in [5.74, 6) is 1.02. The third-order valence-corrected chi connectivity index (χ3v) is 3.52. The van der Waals surface area contributed by atoms with Crippen molar-refractivity contribution in [1.82, 2.24) is 25.8 Å². The fourth-order valence-electron chi connectivity index (χ4n) is 1.34. The van der Waals surface area contributed by atoms with Gasteiger partial charge in [-0.2, -0.15) is 0 Å². The number of nitrogens with one attached hydrogen (secondary N) is 3. The van der Waals surface area contributed by atoms with Crippen molar-refractivity contribution < 1.29 is 9.59 Å². The predicted octanol–water partition coefficient (Wildman–Crippen LogP) is 0.618. The molecule has 1 aromatic rings. The maximum absolute atomic E-state index is 11.6. The van der Waals surface area contributed by atoms with Crippen molar-refractivity contribution in [3.05, 3.63) is 5.82 Å². The average Bonchev–Trinajstić information content (AvgIpc) is 3.10. The number of H-pyrrole nitrogens is 1. The standard InChI is InChI=1S/C10H15N5O2S/c1-5(8(16)13-9(17)11-2)18-10-12-7(14-15-10)6-3-4-6/h5-6H,3-4H2,1-2H3,(H,12,14,15)(H2,11,13,16,17). The fourth-order valence-corrected chi connectivity index (χ4v) is 2.07. The van der Waals surface area contributed by atoms with Crippen molar-refractivity contribution in [3.63, 3.8) is 0 Å². The van der Waals surface area contributed by atoms with Crippen LogP contribution < -0.4 is 10.6 Å². The van der Waals surface area contributed by atoms with Gasteiger partial charge in [0.05, 0.1) is 5.25 Å². The number of thioether (sulfide) groups is 1. The number of carbonyl (C=O) groups excluding carboxylic acids is 2.